The number of carbonyl (C=O) groups excluding carboxylic acids is 3. The van der Waals surface area contributed by atoms with Crippen molar-refractivity contribution >= 4 is 28.8 Å². The van der Waals surface area contributed by atoms with Crippen LogP contribution >= 0.6 is 0 Å². The van der Waals surface area contributed by atoms with Crippen molar-refractivity contribution in [2.45, 2.75) is 25.8 Å². The molecular formula is C16H18N4O3. The predicted octanol–water partition coefficient (Wildman–Crippen LogP) is 0.759. The van der Waals surface area contributed by atoms with Gasteiger partial charge < -0.3 is 9.47 Å². The van der Waals surface area contributed by atoms with E-state index >= 15 is 0 Å². The number of amides is 3. The number of aromatic nitrogens is 2. The molecule has 1 fully saturated rings. The first-order chi connectivity index (χ1) is 10.9. The van der Waals surface area contributed by atoms with Gasteiger partial charge in [0.2, 0.25) is 11.8 Å². The van der Waals surface area contributed by atoms with Gasteiger partial charge in [0, 0.05) is 26.1 Å². The summed E-state index contributed by atoms with van der Waals surface area (Å²) in [5.41, 5.74) is 2.18. The van der Waals surface area contributed by atoms with E-state index in [1.54, 1.807) is 25.2 Å². The molecule has 23 heavy (non-hydrogen) atoms. The van der Waals surface area contributed by atoms with Gasteiger partial charge in [-0.2, -0.15) is 0 Å². The van der Waals surface area contributed by atoms with Gasteiger partial charge in [-0.3, -0.25) is 19.7 Å². The number of nitrogens with zero attached hydrogens (tertiary/aromatic N) is 3. The van der Waals surface area contributed by atoms with Crippen LogP contribution in [0.3, 0.4) is 0 Å². The fraction of sp³-hybridized carbons (Fsp3) is 0.375. The molecule has 3 rings (SSSR count). The lowest BCUT2D eigenvalue weighted by molar-refractivity contribution is -0.136. The summed E-state index contributed by atoms with van der Waals surface area (Å²) in [6.07, 6.45) is 0.591. The van der Waals surface area contributed by atoms with Gasteiger partial charge in [0.1, 0.15) is 11.9 Å². The summed E-state index contributed by atoms with van der Waals surface area (Å²) in [7, 11) is 3.48. The van der Waals surface area contributed by atoms with Crippen molar-refractivity contribution < 1.29 is 14.4 Å². The Morgan fingerprint density at radius 2 is 2.13 bits per heavy atom. The average Bonchev–Trinajstić information content (AvgIpc) is 2.80. The third-order valence-corrected chi connectivity index (χ3v) is 4.35. The largest absolute Gasteiger partial charge is 0.331 e. The molecule has 2 aromatic rings. The number of piperidine rings is 1. The van der Waals surface area contributed by atoms with Crippen LogP contribution in [0.2, 0.25) is 0 Å². The van der Waals surface area contributed by atoms with Crippen molar-refractivity contribution in [2.24, 2.45) is 7.05 Å². The van der Waals surface area contributed by atoms with Gasteiger partial charge in [0.15, 0.2) is 0 Å². The number of hydrogen-bond acceptors (Lipinski definition) is 4. The van der Waals surface area contributed by atoms with Gasteiger partial charge in [0.05, 0.1) is 11.0 Å². The van der Waals surface area contributed by atoms with Crippen molar-refractivity contribution in [3.63, 3.8) is 0 Å². The van der Waals surface area contributed by atoms with Gasteiger partial charge >= 0.3 is 0 Å². The quantitative estimate of drug-likeness (QED) is 0.829. The minimum atomic E-state index is -0.621. The fourth-order valence-electron chi connectivity index (χ4n) is 2.84. The van der Waals surface area contributed by atoms with E-state index in [1.165, 1.54) is 4.90 Å². The topological polar surface area (TPSA) is 84.3 Å². The summed E-state index contributed by atoms with van der Waals surface area (Å²) < 4.78 is 1.91. The Bertz CT molecular complexity index is 824. The average molecular weight is 314 g/mol. The van der Waals surface area contributed by atoms with Gasteiger partial charge in [-0.15, -0.1) is 0 Å². The monoisotopic (exact) mass is 314 g/mol. The van der Waals surface area contributed by atoms with E-state index in [0.717, 1.165) is 16.9 Å². The highest BCUT2D eigenvalue weighted by Crippen LogP contribution is 2.19. The van der Waals surface area contributed by atoms with E-state index in [4.69, 9.17) is 0 Å². The minimum absolute atomic E-state index is 0.244. The second-order valence-electron chi connectivity index (χ2n) is 5.80. The Hall–Kier alpha value is -2.70. The molecule has 7 nitrogen and oxygen atoms in total. The molecule has 0 radical (unpaired) electrons. The number of benzene rings is 1. The zero-order valence-corrected chi connectivity index (χ0v) is 13.3. The molecule has 2 heterocycles. The number of carbonyl (C=O) groups is 3. The lowest BCUT2D eigenvalue weighted by Crippen LogP contribution is -2.52. The summed E-state index contributed by atoms with van der Waals surface area (Å²) in [6.45, 7) is 1.90. The van der Waals surface area contributed by atoms with E-state index in [9.17, 15) is 14.4 Å². The summed E-state index contributed by atoms with van der Waals surface area (Å²) in [5, 5.41) is 2.27. The Labute approximate surface area is 133 Å². The highest BCUT2D eigenvalue weighted by molar-refractivity contribution is 6.04. The molecule has 0 bridgehead atoms. The number of nitrogens with one attached hydrogen (secondary N) is 1. The Kier molecular flexibility index (Phi) is 3.63. The maximum Gasteiger partial charge on any atom is 0.254 e. The lowest BCUT2D eigenvalue weighted by Gasteiger charge is -2.29. The zero-order valence-electron chi connectivity index (χ0n) is 13.3. The van der Waals surface area contributed by atoms with Crippen LogP contribution in [0.25, 0.3) is 11.0 Å². The van der Waals surface area contributed by atoms with Gasteiger partial charge in [-0.05, 0) is 31.5 Å². The van der Waals surface area contributed by atoms with E-state index in [0.29, 0.717) is 12.0 Å². The Morgan fingerprint density at radius 1 is 1.39 bits per heavy atom. The first-order valence-electron chi connectivity index (χ1n) is 7.42. The van der Waals surface area contributed by atoms with Crippen LogP contribution in [0.15, 0.2) is 18.2 Å². The molecule has 1 aromatic carbocycles. The molecule has 7 heteroatoms. The number of aryl methyl sites for hydroxylation is 2. The SMILES string of the molecule is Cc1nc2ccc(C(=O)N(C)C3CCC(=O)NC3=O)cc2n1C. The highest BCUT2D eigenvalue weighted by Gasteiger charge is 2.32. The normalized spacial score (nSPS) is 18.1. The summed E-state index contributed by atoms with van der Waals surface area (Å²) in [6, 6.07) is 4.66. The van der Waals surface area contributed by atoms with Crippen molar-refractivity contribution in [3.05, 3.63) is 29.6 Å². The predicted molar refractivity (Wildman–Crippen MR) is 83.7 cm³/mol. The molecule has 1 atom stereocenters. The number of fused-ring (bicyclic) bond motifs is 1. The molecule has 1 aliphatic rings. The van der Waals surface area contributed by atoms with Crippen LogP contribution < -0.4 is 5.32 Å². The van der Waals surface area contributed by atoms with Gasteiger partial charge in [-0.1, -0.05) is 0 Å². The molecule has 1 unspecified atom stereocenters. The highest BCUT2D eigenvalue weighted by atomic mass is 16.2. The molecule has 120 valence electrons. The van der Waals surface area contributed by atoms with Gasteiger partial charge in [-0.25, -0.2) is 4.98 Å². The fourth-order valence-corrected chi connectivity index (χ4v) is 2.84. The summed E-state index contributed by atoms with van der Waals surface area (Å²) >= 11 is 0. The molecule has 0 spiro atoms. The molecule has 1 aromatic heterocycles. The molecule has 1 saturated heterocycles. The molecule has 1 N–H and O–H groups in total. The first kappa shape index (κ1) is 15.2. The van der Waals surface area contributed by atoms with Crippen LogP contribution in [0.4, 0.5) is 0 Å². The molecule has 0 aliphatic carbocycles. The zero-order chi connectivity index (χ0) is 16.7. The summed E-state index contributed by atoms with van der Waals surface area (Å²) in [4.78, 5) is 41.6. The number of imidazole rings is 1. The van der Waals surface area contributed by atoms with E-state index < -0.39 is 11.9 Å². The van der Waals surface area contributed by atoms with E-state index in [1.807, 2.05) is 18.5 Å². The van der Waals surface area contributed by atoms with Crippen molar-refractivity contribution in [1.29, 1.82) is 0 Å². The molecule has 1 aliphatic heterocycles. The van der Waals surface area contributed by atoms with Crippen LogP contribution in [-0.4, -0.2) is 45.3 Å². The maximum atomic E-state index is 12.7. The summed E-state index contributed by atoms with van der Waals surface area (Å²) in [5.74, 6) is -0.100. The van der Waals surface area contributed by atoms with Crippen LogP contribution in [0.5, 0.6) is 0 Å². The Balaban J connectivity index is 1.89. The molecule has 3 amide bonds. The molecule has 0 saturated carbocycles. The number of imide groups is 1. The van der Waals surface area contributed by atoms with Crippen LogP contribution in [0, 0.1) is 6.92 Å². The number of likely N-dealkylation sites (N-methyl/N-ethyl adjacent to an activating group) is 1. The molecular weight excluding hydrogens is 296 g/mol. The number of rotatable bonds is 2. The van der Waals surface area contributed by atoms with Crippen LogP contribution in [-0.2, 0) is 16.6 Å². The van der Waals surface area contributed by atoms with E-state index in [2.05, 4.69) is 10.3 Å². The third kappa shape index (κ3) is 2.58. The minimum Gasteiger partial charge on any atom is -0.331 e. The smallest absolute Gasteiger partial charge is 0.254 e. The number of hydrogen-bond donors (Lipinski definition) is 1. The van der Waals surface area contributed by atoms with E-state index in [-0.39, 0.29) is 18.2 Å². The first-order valence-corrected chi connectivity index (χ1v) is 7.42. The third-order valence-electron chi connectivity index (χ3n) is 4.35. The second-order valence-corrected chi connectivity index (χ2v) is 5.80. The van der Waals surface area contributed by atoms with Crippen LogP contribution in [0.1, 0.15) is 29.0 Å². The van der Waals surface area contributed by atoms with Gasteiger partial charge in [0.25, 0.3) is 5.91 Å². The van der Waals surface area contributed by atoms with Crippen molar-refractivity contribution in [2.75, 3.05) is 7.05 Å². The van der Waals surface area contributed by atoms with Crippen molar-refractivity contribution in [1.82, 2.24) is 19.8 Å². The maximum absolute atomic E-state index is 12.7. The Morgan fingerprint density at radius 3 is 2.83 bits per heavy atom. The van der Waals surface area contributed by atoms with Crippen molar-refractivity contribution in [3.8, 4) is 0 Å². The standard InChI is InChI=1S/C16H18N4O3/c1-9-17-11-5-4-10(8-13(11)19(9)2)16(23)20(3)12-6-7-14(21)18-15(12)22/h4-5,8,12H,6-7H2,1-3H3,(H,18,21,22). The lowest BCUT2D eigenvalue weighted by atomic mass is 10.0. The second kappa shape index (κ2) is 5.49.